The van der Waals surface area contributed by atoms with E-state index in [1.165, 1.54) is 17.0 Å². The Bertz CT molecular complexity index is 402. The van der Waals surface area contributed by atoms with Gasteiger partial charge in [-0.15, -0.1) is 6.58 Å². The molecular weight excluding hydrogens is 204 g/mol. The summed E-state index contributed by atoms with van der Waals surface area (Å²) in [4.78, 5) is 0. The minimum Gasteiger partial charge on any atom is -0.103 e. The maximum absolute atomic E-state index is 3.81. The molecule has 0 aromatic heterocycles. The van der Waals surface area contributed by atoms with Crippen LogP contribution in [0.5, 0.6) is 0 Å². The van der Waals surface area contributed by atoms with Crippen molar-refractivity contribution in [1.29, 1.82) is 0 Å². The lowest BCUT2D eigenvalue weighted by atomic mass is 9.87. The Hall–Kier alpha value is -1.82. The predicted octanol–water partition coefficient (Wildman–Crippen LogP) is 4.62. The van der Waals surface area contributed by atoms with Gasteiger partial charge in [-0.1, -0.05) is 66.7 Å². The third-order valence-corrected chi connectivity index (χ3v) is 2.84. The highest BCUT2D eigenvalue weighted by Crippen LogP contribution is 2.27. The monoisotopic (exact) mass is 221 g/mol. The second kappa shape index (κ2) is 6.05. The fourth-order valence-corrected chi connectivity index (χ4v) is 1.98. The lowest BCUT2D eigenvalue weighted by Gasteiger charge is -2.16. The van der Waals surface area contributed by atoms with E-state index in [1.807, 2.05) is 6.08 Å². The molecule has 0 aliphatic rings. The average molecular weight is 221 g/mol. The van der Waals surface area contributed by atoms with Crippen molar-refractivity contribution in [3.63, 3.8) is 0 Å². The number of hydrogen-bond donors (Lipinski definition) is 0. The zero-order chi connectivity index (χ0) is 11.9. The van der Waals surface area contributed by atoms with Gasteiger partial charge in [0, 0.05) is 5.92 Å². The van der Waals surface area contributed by atoms with Gasteiger partial charge in [-0.25, -0.2) is 0 Å². The molecule has 0 N–H and O–H groups in total. The molecular formula is C17H17. The van der Waals surface area contributed by atoms with E-state index in [9.17, 15) is 0 Å². The van der Waals surface area contributed by atoms with Crippen molar-refractivity contribution in [1.82, 2.24) is 0 Å². The van der Waals surface area contributed by atoms with Crippen molar-refractivity contribution in [3.8, 4) is 0 Å². The van der Waals surface area contributed by atoms with Crippen molar-refractivity contribution in [2.75, 3.05) is 0 Å². The summed E-state index contributed by atoms with van der Waals surface area (Å²) >= 11 is 0. The van der Waals surface area contributed by atoms with Crippen LogP contribution in [-0.2, 0) is 0 Å². The van der Waals surface area contributed by atoms with Crippen LogP contribution >= 0.6 is 0 Å². The Morgan fingerprint density at radius 2 is 1.29 bits per heavy atom. The molecule has 2 aromatic rings. The van der Waals surface area contributed by atoms with E-state index in [4.69, 9.17) is 0 Å². The molecule has 17 heavy (non-hydrogen) atoms. The zero-order valence-corrected chi connectivity index (χ0v) is 9.97. The van der Waals surface area contributed by atoms with Gasteiger partial charge in [-0.05, 0) is 24.0 Å². The van der Waals surface area contributed by atoms with E-state index < -0.39 is 0 Å². The Morgan fingerprint density at radius 1 is 0.824 bits per heavy atom. The maximum atomic E-state index is 3.81. The fraction of sp³-hybridized carbons (Fsp3) is 0.118. The highest BCUT2D eigenvalue weighted by atomic mass is 14.2. The average Bonchev–Trinajstić information content (AvgIpc) is 2.42. The first-order chi connectivity index (χ1) is 8.42. The lowest BCUT2D eigenvalue weighted by Crippen LogP contribution is -2.01. The molecule has 0 spiro atoms. The Balaban J connectivity index is 2.29. The predicted molar refractivity (Wildman–Crippen MR) is 73.8 cm³/mol. The van der Waals surface area contributed by atoms with Crippen LogP contribution in [0.1, 0.15) is 24.0 Å². The van der Waals surface area contributed by atoms with Crippen LogP contribution in [0.3, 0.4) is 0 Å². The van der Waals surface area contributed by atoms with E-state index in [0.29, 0.717) is 0 Å². The van der Waals surface area contributed by atoms with Gasteiger partial charge in [0.05, 0.1) is 0 Å². The second-order valence-corrected chi connectivity index (χ2v) is 4.04. The van der Waals surface area contributed by atoms with Crippen LogP contribution in [0.15, 0.2) is 73.3 Å². The summed E-state index contributed by atoms with van der Waals surface area (Å²) < 4.78 is 0. The molecule has 0 saturated carbocycles. The molecule has 2 rings (SSSR count). The normalized spacial score (nSPS) is 10.4. The van der Waals surface area contributed by atoms with Crippen molar-refractivity contribution >= 4 is 0 Å². The summed E-state index contributed by atoms with van der Waals surface area (Å²) in [7, 11) is 0. The summed E-state index contributed by atoms with van der Waals surface area (Å²) in [6.45, 7) is 3.81. The largest absolute Gasteiger partial charge is 0.103 e. The van der Waals surface area contributed by atoms with Crippen LogP contribution in [0, 0.1) is 5.92 Å². The van der Waals surface area contributed by atoms with E-state index in [1.54, 1.807) is 0 Å². The molecule has 0 unspecified atom stereocenters. The number of rotatable bonds is 5. The minimum atomic E-state index is 1.01. The van der Waals surface area contributed by atoms with Crippen molar-refractivity contribution in [3.05, 3.63) is 90.4 Å². The zero-order valence-electron chi connectivity index (χ0n) is 9.97. The summed E-state index contributed by atoms with van der Waals surface area (Å²) in [5.41, 5.74) is 2.61. The van der Waals surface area contributed by atoms with E-state index in [2.05, 4.69) is 67.2 Å². The standard InChI is InChI=1S/C17H17/c1-2-3-14-17(15-10-6-4-7-11-15)16-12-8-5-9-13-16/h2,4-13H,1,3,14H2. The SMILES string of the molecule is C=CCC[C](c1ccccc1)c1ccccc1. The molecule has 0 nitrogen and oxygen atoms in total. The molecule has 0 bridgehead atoms. The molecule has 0 amide bonds. The molecule has 0 saturated heterocycles. The Labute approximate surface area is 104 Å². The van der Waals surface area contributed by atoms with E-state index in [-0.39, 0.29) is 0 Å². The fourth-order valence-electron chi connectivity index (χ4n) is 1.98. The van der Waals surface area contributed by atoms with Crippen molar-refractivity contribution < 1.29 is 0 Å². The summed E-state index contributed by atoms with van der Waals surface area (Å²) in [6, 6.07) is 21.2. The third kappa shape index (κ3) is 3.07. The van der Waals surface area contributed by atoms with Crippen LogP contribution in [0.4, 0.5) is 0 Å². The molecule has 0 heterocycles. The molecule has 85 valence electrons. The summed E-state index contributed by atoms with van der Waals surface area (Å²) in [6.07, 6.45) is 4.03. The van der Waals surface area contributed by atoms with Gasteiger partial charge in [0.25, 0.3) is 0 Å². The Morgan fingerprint density at radius 3 is 1.71 bits per heavy atom. The molecule has 1 radical (unpaired) electrons. The van der Waals surface area contributed by atoms with Crippen LogP contribution in [-0.4, -0.2) is 0 Å². The van der Waals surface area contributed by atoms with Crippen LogP contribution < -0.4 is 0 Å². The van der Waals surface area contributed by atoms with Crippen LogP contribution in [0.2, 0.25) is 0 Å². The third-order valence-electron chi connectivity index (χ3n) is 2.84. The maximum Gasteiger partial charge on any atom is 0.0343 e. The summed E-state index contributed by atoms with van der Waals surface area (Å²) in [5, 5.41) is 0. The lowest BCUT2D eigenvalue weighted by molar-refractivity contribution is 0.905. The first-order valence-corrected chi connectivity index (χ1v) is 5.99. The van der Waals surface area contributed by atoms with Crippen LogP contribution in [0.25, 0.3) is 0 Å². The van der Waals surface area contributed by atoms with Crippen molar-refractivity contribution in [2.24, 2.45) is 0 Å². The first-order valence-electron chi connectivity index (χ1n) is 5.99. The smallest absolute Gasteiger partial charge is 0.0343 e. The van der Waals surface area contributed by atoms with Gasteiger partial charge in [0.15, 0.2) is 0 Å². The topological polar surface area (TPSA) is 0 Å². The summed E-state index contributed by atoms with van der Waals surface area (Å²) in [5.74, 6) is 1.39. The first kappa shape index (κ1) is 11.7. The van der Waals surface area contributed by atoms with Crippen molar-refractivity contribution in [2.45, 2.75) is 12.8 Å². The number of allylic oxidation sites excluding steroid dienone is 1. The Kier molecular flexibility index (Phi) is 4.15. The molecule has 2 aromatic carbocycles. The van der Waals surface area contributed by atoms with E-state index in [0.717, 1.165) is 12.8 Å². The van der Waals surface area contributed by atoms with E-state index >= 15 is 0 Å². The molecule has 0 atom stereocenters. The van der Waals surface area contributed by atoms with Gasteiger partial charge >= 0.3 is 0 Å². The highest BCUT2D eigenvalue weighted by molar-refractivity contribution is 5.45. The number of benzene rings is 2. The van der Waals surface area contributed by atoms with Gasteiger partial charge < -0.3 is 0 Å². The molecule has 0 heteroatoms. The number of hydrogen-bond acceptors (Lipinski definition) is 0. The molecule has 0 aliphatic heterocycles. The highest BCUT2D eigenvalue weighted by Gasteiger charge is 2.13. The quantitative estimate of drug-likeness (QED) is 0.646. The van der Waals surface area contributed by atoms with Gasteiger partial charge in [0.2, 0.25) is 0 Å². The molecule has 0 fully saturated rings. The molecule has 0 aliphatic carbocycles. The van der Waals surface area contributed by atoms with Gasteiger partial charge in [-0.2, -0.15) is 0 Å². The van der Waals surface area contributed by atoms with Gasteiger partial charge in [-0.3, -0.25) is 0 Å². The minimum absolute atomic E-state index is 1.01. The second-order valence-electron chi connectivity index (χ2n) is 4.04. The van der Waals surface area contributed by atoms with Gasteiger partial charge in [0.1, 0.15) is 0 Å².